The fourth-order valence-corrected chi connectivity index (χ4v) is 5.07. The van der Waals surface area contributed by atoms with Crippen molar-refractivity contribution < 1.29 is 23.8 Å². The minimum absolute atomic E-state index is 0.0630. The second-order valence-corrected chi connectivity index (χ2v) is 9.03. The Labute approximate surface area is 219 Å². The maximum absolute atomic E-state index is 13.3. The number of hydrogen-bond acceptors (Lipinski definition) is 9. The first-order chi connectivity index (χ1) is 18.0. The molecule has 1 aromatic carbocycles. The number of ether oxygens (including phenoxy) is 3. The molecule has 10 heteroatoms. The predicted molar refractivity (Wildman–Crippen MR) is 142 cm³/mol. The number of amides is 1. The van der Waals surface area contributed by atoms with Crippen molar-refractivity contribution in [3.05, 3.63) is 88.9 Å². The van der Waals surface area contributed by atoms with Gasteiger partial charge in [0, 0.05) is 36.3 Å². The van der Waals surface area contributed by atoms with Gasteiger partial charge in [0.15, 0.2) is 5.17 Å². The van der Waals surface area contributed by atoms with Crippen LogP contribution in [0.15, 0.2) is 82.7 Å². The summed E-state index contributed by atoms with van der Waals surface area (Å²) >= 11 is 1.40. The van der Waals surface area contributed by atoms with Crippen molar-refractivity contribution in [2.24, 2.45) is 4.99 Å². The number of nitrogens with zero attached hydrogens (tertiary/aromatic N) is 3. The van der Waals surface area contributed by atoms with Gasteiger partial charge in [-0.25, -0.2) is 9.79 Å². The number of carbonyl (C=O) groups excluding carboxylic acids is 2. The lowest BCUT2D eigenvalue weighted by atomic mass is 9.93. The maximum Gasteiger partial charge on any atom is 0.338 e. The molecule has 0 radical (unpaired) electrons. The number of aromatic nitrogens is 1. The summed E-state index contributed by atoms with van der Waals surface area (Å²) in [5.41, 5.74) is 3.27. The van der Waals surface area contributed by atoms with Gasteiger partial charge in [-0.15, -0.1) is 0 Å². The average molecular weight is 521 g/mol. The highest BCUT2D eigenvalue weighted by molar-refractivity contribution is 8.16. The number of rotatable bonds is 10. The number of thioether (sulfide) groups is 1. The van der Waals surface area contributed by atoms with Crippen LogP contribution < -0.4 is 14.8 Å². The van der Waals surface area contributed by atoms with E-state index in [4.69, 9.17) is 14.2 Å². The highest BCUT2D eigenvalue weighted by Gasteiger charge is 2.42. The Morgan fingerprint density at radius 2 is 1.97 bits per heavy atom. The summed E-state index contributed by atoms with van der Waals surface area (Å²) < 4.78 is 16.5. The van der Waals surface area contributed by atoms with Gasteiger partial charge in [-0.05, 0) is 42.2 Å². The largest absolute Gasteiger partial charge is 0.497 e. The highest BCUT2D eigenvalue weighted by atomic mass is 32.2. The van der Waals surface area contributed by atoms with E-state index in [9.17, 15) is 9.59 Å². The Hall–Kier alpha value is -4.05. The molecular formula is C27H28N4O5S. The van der Waals surface area contributed by atoms with Crippen LogP contribution in [-0.4, -0.2) is 47.8 Å². The van der Waals surface area contributed by atoms with Crippen molar-refractivity contribution in [3.8, 4) is 11.5 Å². The van der Waals surface area contributed by atoms with E-state index in [0.29, 0.717) is 45.7 Å². The van der Waals surface area contributed by atoms with Crippen molar-refractivity contribution >= 4 is 28.8 Å². The Balaban J connectivity index is 1.68. The number of hydrogen-bond donors (Lipinski definition) is 1. The van der Waals surface area contributed by atoms with Crippen molar-refractivity contribution in [1.82, 2.24) is 15.2 Å². The normalized spacial score (nSPS) is 16.4. The van der Waals surface area contributed by atoms with Crippen molar-refractivity contribution in [3.63, 3.8) is 0 Å². The Kier molecular flexibility index (Phi) is 8.29. The summed E-state index contributed by atoms with van der Waals surface area (Å²) in [6.07, 6.45) is 4.98. The lowest BCUT2D eigenvalue weighted by Crippen LogP contribution is -2.38. The van der Waals surface area contributed by atoms with Gasteiger partial charge in [-0.3, -0.25) is 9.78 Å². The van der Waals surface area contributed by atoms with Crippen LogP contribution >= 0.6 is 11.8 Å². The molecule has 4 rings (SSSR count). The van der Waals surface area contributed by atoms with E-state index in [2.05, 4.69) is 21.9 Å². The molecule has 0 spiro atoms. The molecule has 1 amide bonds. The minimum Gasteiger partial charge on any atom is -0.497 e. The van der Waals surface area contributed by atoms with E-state index in [1.54, 1.807) is 45.7 Å². The fourth-order valence-electron chi connectivity index (χ4n) is 4.11. The summed E-state index contributed by atoms with van der Waals surface area (Å²) in [5, 5.41) is 5.50. The van der Waals surface area contributed by atoms with E-state index in [1.165, 1.54) is 17.8 Å². The van der Waals surface area contributed by atoms with Gasteiger partial charge in [0.05, 0.1) is 38.0 Å². The van der Waals surface area contributed by atoms with Crippen LogP contribution in [0.2, 0.25) is 0 Å². The third-order valence-electron chi connectivity index (χ3n) is 5.87. The van der Waals surface area contributed by atoms with Crippen LogP contribution in [0.25, 0.3) is 0 Å². The zero-order chi connectivity index (χ0) is 26.4. The number of fused-ring (bicyclic) bond motifs is 1. The van der Waals surface area contributed by atoms with E-state index >= 15 is 0 Å². The Morgan fingerprint density at radius 3 is 2.68 bits per heavy atom. The van der Waals surface area contributed by atoms with Crippen LogP contribution in [0.4, 0.5) is 0 Å². The van der Waals surface area contributed by atoms with Crippen LogP contribution in [-0.2, 0) is 20.9 Å². The molecule has 37 heavy (non-hydrogen) atoms. The molecule has 0 fully saturated rings. The third-order valence-corrected chi connectivity index (χ3v) is 6.76. The fraction of sp³-hybridized carbons (Fsp3) is 0.259. The number of esters is 1. The number of amidine groups is 1. The zero-order valence-electron chi connectivity index (χ0n) is 20.9. The molecule has 1 atom stereocenters. The highest BCUT2D eigenvalue weighted by Crippen LogP contribution is 2.47. The number of methoxy groups -OCH3 is 2. The van der Waals surface area contributed by atoms with E-state index < -0.39 is 12.0 Å². The van der Waals surface area contributed by atoms with Crippen molar-refractivity contribution in [2.75, 3.05) is 20.8 Å². The van der Waals surface area contributed by atoms with Crippen LogP contribution in [0.1, 0.15) is 30.5 Å². The van der Waals surface area contributed by atoms with Gasteiger partial charge in [0.1, 0.15) is 18.1 Å². The molecule has 2 aromatic rings. The van der Waals surface area contributed by atoms with E-state index in [0.717, 1.165) is 5.56 Å². The summed E-state index contributed by atoms with van der Waals surface area (Å²) in [7, 11) is 3.13. The molecule has 9 nitrogen and oxygen atoms in total. The Bertz CT molecular complexity index is 1290. The minimum atomic E-state index is -0.625. The van der Waals surface area contributed by atoms with Gasteiger partial charge in [-0.2, -0.15) is 0 Å². The van der Waals surface area contributed by atoms with Crippen LogP contribution in [0.5, 0.6) is 11.5 Å². The first kappa shape index (κ1) is 26.0. The molecule has 0 aliphatic carbocycles. The van der Waals surface area contributed by atoms with Gasteiger partial charge >= 0.3 is 5.97 Å². The summed E-state index contributed by atoms with van der Waals surface area (Å²) in [6.45, 7) is 5.86. The molecule has 3 heterocycles. The molecular weight excluding hydrogens is 492 g/mol. The molecule has 0 bridgehead atoms. The molecule has 0 saturated carbocycles. The quantitative estimate of drug-likeness (QED) is 0.369. The SMILES string of the molecule is C=CCOC(=O)C1=C(C)N=C2SC=C(CC(=O)NCc3ccncc3)N2[C@@H]1c1ccc(OC)cc1OC. The Morgan fingerprint density at radius 1 is 1.19 bits per heavy atom. The first-order valence-corrected chi connectivity index (χ1v) is 12.4. The lowest BCUT2D eigenvalue weighted by molar-refractivity contribution is -0.138. The van der Waals surface area contributed by atoms with Crippen molar-refractivity contribution in [2.45, 2.75) is 25.9 Å². The molecule has 0 saturated heterocycles. The summed E-state index contributed by atoms with van der Waals surface area (Å²) in [4.78, 5) is 36.7. The number of benzene rings is 1. The number of nitrogens with one attached hydrogen (secondary N) is 1. The van der Waals surface area contributed by atoms with Crippen LogP contribution in [0, 0.1) is 0 Å². The number of pyridine rings is 1. The lowest BCUT2D eigenvalue weighted by Gasteiger charge is -2.36. The third kappa shape index (κ3) is 5.69. The second kappa shape index (κ2) is 11.8. The molecule has 1 N–H and O–H groups in total. The zero-order valence-corrected chi connectivity index (χ0v) is 21.7. The molecule has 1 aromatic heterocycles. The molecule has 192 valence electrons. The van der Waals surface area contributed by atoms with Gasteiger partial charge < -0.3 is 24.4 Å². The predicted octanol–water partition coefficient (Wildman–Crippen LogP) is 4.11. The molecule has 2 aliphatic heterocycles. The monoisotopic (exact) mass is 520 g/mol. The van der Waals surface area contributed by atoms with E-state index in [1.807, 2.05) is 28.5 Å². The van der Waals surface area contributed by atoms with Gasteiger partial charge in [0.25, 0.3) is 0 Å². The first-order valence-electron chi connectivity index (χ1n) is 11.6. The van der Waals surface area contributed by atoms with Crippen LogP contribution in [0.3, 0.4) is 0 Å². The van der Waals surface area contributed by atoms with E-state index in [-0.39, 0.29) is 18.9 Å². The second-order valence-electron chi connectivity index (χ2n) is 8.20. The number of carbonyl (C=O) groups is 2. The van der Waals surface area contributed by atoms with Gasteiger partial charge in [0.2, 0.25) is 5.91 Å². The van der Waals surface area contributed by atoms with Gasteiger partial charge in [-0.1, -0.05) is 24.4 Å². The standard InChI is InChI=1S/C27H28N4O5S/c1-5-12-36-26(33)24-17(2)30-27-31(25(24)21-7-6-20(34-3)14-22(21)35-4)19(16-37-27)13-23(32)29-15-18-8-10-28-11-9-18/h5-11,14,16,25H,1,12-13,15H2,2-4H3,(H,29,32)/t25-/m1/s1. The average Bonchev–Trinajstić information content (AvgIpc) is 3.31. The summed E-state index contributed by atoms with van der Waals surface area (Å²) in [6, 6.07) is 8.49. The number of allylic oxidation sites excluding steroid dienone is 1. The topological polar surface area (TPSA) is 102 Å². The van der Waals surface area contributed by atoms with Crippen molar-refractivity contribution in [1.29, 1.82) is 0 Å². The smallest absolute Gasteiger partial charge is 0.338 e. The molecule has 0 unspecified atom stereocenters. The maximum atomic E-state index is 13.3. The molecule has 2 aliphatic rings. The number of aliphatic imine (C=N–C) groups is 1. The summed E-state index contributed by atoms with van der Waals surface area (Å²) in [5.74, 6) is 0.475.